The fourth-order valence-electron chi connectivity index (χ4n) is 4.49. The number of aromatic nitrogens is 4. The van der Waals surface area contributed by atoms with E-state index >= 15 is 0 Å². The Morgan fingerprint density at radius 1 is 1.10 bits per heavy atom. The molecule has 1 aliphatic rings. The summed E-state index contributed by atoms with van der Waals surface area (Å²) < 4.78 is 18.8. The quantitative estimate of drug-likeness (QED) is 0.295. The number of benzene rings is 2. The van der Waals surface area contributed by atoms with Crippen LogP contribution in [0.15, 0.2) is 48.8 Å². The van der Waals surface area contributed by atoms with Crippen molar-refractivity contribution in [3.63, 3.8) is 0 Å². The summed E-state index contributed by atoms with van der Waals surface area (Å²) in [5, 5.41) is 8.63. The van der Waals surface area contributed by atoms with Crippen molar-refractivity contribution in [3.8, 4) is 22.8 Å². The van der Waals surface area contributed by atoms with Gasteiger partial charge in [0.05, 0.1) is 17.5 Å². The number of nitrogen functional groups attached to an aromatic ring is 1. The number of nitrogens with one attached hydrogen (secondary N) is 1. The second-order valence-corrected chi connectivity index (χ2v) is 10.3. The number of nitrogens with two attached hydrogens (primary N) is 1. The van der Waals surface area contributed by atoms with Crippen molar-refractivity contribution in [2.45, 2.75) is 45.8 Å². The van der Waals surface area contributed by atoms with Crippen molar-refractivity contribution in [1.29, 1.82) is 0 Å². The number of carbonyl (C=O) groups is 1. The fourth-order valence-corrected chi connectivity index (χ4v) is 4.49. The lowest BCUT2D eigenvalue weighted by Crippen LogP contribution is -2.41. The summed E-state index contributed by atoms with van der Waals surface area (Å²) >= 11 is 0. The van der Waals surface area contributed by atoms with E-state index in [4.69, 9.17) is 25.0 Å². The first-order valence-electron chi connectivity index (χ1n) is 13.1. The zero-order valence-corrected chi connectivity index (χ0v) is 22.6. The molecule has 2 aromatic carbocycles. The van der Waals surface area contributed by atoms with Crippen LogP contribution >= 0.6 is 0 Å². The van der Waals surface area contributed by atoms with Crippen molar-refractivity contribution in [3.05, 3.63) is 59.9 Å². The maximum absolute atomic E-state index is 12.6. The summed E-state index contributed by atoms with van der Waals surface area (Å²) in [4.78, 5) is 21.3. The molecular formula is C29H34N6O4. The number of carbonyl (C=O) groups excluding carboxylic acids is 1. The molecule has 0 unspecified atom stereocenters. The van der Waals surface area contributed by atoms with E-state index in [1.165, 1.54) is 6.33 Å². The lowest BCUT2D eigenvalue weighted by atomic mass is 10.1. The van der Waals surface area contributed by atoms with Gasteiger partial charge in [-0.3, -0.25) is 4.79 Å². The smallest absolute Gasteiger partial charge is 0.220 e. The van der Waals surface area contributed by atoms with E-state index in [1.54, 1.807) is 0 Å². The van der Waals surface area contributed by atoms with Crippen LogP contribution in [0.1, 0.15) is 37.8 Å². The molecule has 0 saturated heterocycles. The molecule has 0 radical (unpaired) electrons. The summed E-state index contributed by atoms with van der Waals surface area (Å²) in [5.41, 5.74) is 10.1. The number of rotatable bonds is 10. The largest absolute Gasteiger partial charge is 0.486 e. The van der Waals surface area contributed by atoms with E-state index in [-0.39, 0.29) is 5.91 Å². The Hall–Kier alpha value is -4.18. The Kier molecular flexibility index (Phi) is 7.65. The zero-order chi connectivity index (χ0) is 27.4. The molecule has 10 heteroatoms. The number of ether oxygens (including phenoxy) is 3. The highest BCUT2D eigenvalue weighted by Gasteiger charge is 2.28. The first kappa shape index (κ1) is 26.4. The van der Waals surface area contributed by atoms with Crippen LogP contribution in [0.3, 0.4) is 0 Å². The van der Waals surface area contributed by atoms with Gasteiger partial charge in [0.15, 0.2) is 17.1 Å². The minimum absolute atomic E-state index is 0.0460. The van der Waals surface area contributed by atoms with Crippen LogP contribution in [0.5, 0.6) is 11.5 Å². The third-order valence-corrected chi connectivity index (χ3v) is 6.68. The van der Waals surface area contributed by atoms with Crippen LogP contribution < -0.4 is 20.5 Å². The number of amides is 1. The monoisotopic (exact) mass is 530 g/mol. The number of anilines is 1. The maximum Gasteiger partial charge on any atom is 0.220 e. The van der Waals surface area contributed by atoms with E-state index in [1.807, 2.05) is 67.9 Å². The molecule has 10 nitrogen and oxygen atoms in total. The molecule has 3 N–H and O–H groups in total. The highest BCUT2D eigenvalue weighted by Crippen LogP contribution is 2.33. The van der Waals surface area contributed by atoms with Crippen molar-refractivity contribution in [2.24, 2.45) is 0 Å². The zero-order valence-electron chi connectivity index (χ0n) is 22.6. The van der Waals surface area contributed by atoms with Gasteiger partial charge in [-0.2, -0.15) is 5.10 Å². The average molecular weight is 531 g/mol. The number of nitrogens with zero attached hydrogens (tertiary/aromatic N) is 4. The van der Waals surface area contributed by atoms with Gasteiger partial charge in [-0.05, 0) is 44.9 Å². The Morgan fingerprint density at radius 2 is 1.87 bits per heavy atom. The van der Waals surface area contributed by atoms with E-state index in [0.717, 1.165) is 33.9 Å². The molecule has 0 atom stereocenters. The molecule has 0 spiro atoms. The van der Waals surface area contributed by atoms with Crippen LogP contribution in [-0.4, -0.2) is 52.0 Å². The third-order valence-electron chi connectivity index (χ3n) is 6.68. The topological polar surface area (TPSA) is 126 Å². The Bertz CT molecular complexity index is 1460. The second-order valence-electron chi connectivity index (χ2n) is 10.3. The van der Waals surface area contributed by atoms with Crippen LogP contribution in [0.2, 0.25) is 0 Å². The van der Waals surface area contributed by atoms with Gasteiger partial charge in [0.1, 0.15) is 31.1 Å². The molecule has 0 fully saturated rings. The molecule has 1 aliphatic heterocycles. The van der Waals surface area contributed by atoms with Crippen LogP contribution in [0.4, 0.5) is 5.82 Å². The molecular weight excluding hydrogens is 496 g/mol. The molecule has 0 saturated carbocycles. The molecule has 3 heterocycles. The fraction of sp³-hybridized carbons (Fsp3) is 0.379. The van der Waals surface area contributed by atoms with Crippen molar-refractivity contribution in [2.75, 3.05) is 32.1 Å². The van der Waals surface area contributed by atoms with Crippen molar-refractivity contribution < 1.29 is 19.0 Å². The standard InChI is InChI=1S/C29H34N6O4/c1-19-6-9-21(10-7-19)26-25-27(30)32-18-33-28(25)35(34-26)29(2,3)17-31-24(36)5-4-12-37-16-20-8-11-22-23(15-20)39-14-13-38-22/h6-11,15,18H,4-5,12-14,16-17H2,1-3H3,(H,31,36)(H2,30,32,33). The summed E-state index contributed by atoms with van der Waals surface area (Å²) in [7, 11) is 0. The second kappa shape index (κ2) is 11.3. The average Bonchev–Trinajstić information content (AvgIpc) is 3.34. The molecule has 0 aliphatic carbocycles. The Balaban J connectivity index is 1.16. The number of hydrogen-bond donors (Lipinski definition) is 2. The first-order valence-corrected chi connectivity index (χ1v) is 13.1. The molecule has 4 aromatic rings. The van der Waals surface area contributed by atoms with Crippen LogP contribution in [0.25, 0.3) is 22.3 Å². The molecule has 2 aromatic heterocycles. The van der Waals surface area contributed by atoms with Gasteiger partial charge in [-0.15, -0.1) is 0 Å². The van der Waals surface area contributed by atoms with E-state index in [9.17, 15) is 4.79 Å². The van der Waals surface area contributed by atoms with Gasteiger partial charge in [0, 0.05) is 25.1 Å². The first-order chi connectivity index (χ1) is 18.8. The predicted octanol–water partition coefficient (Wildman–Crippen LogP) is 4.00. The normalized spacial score (nSPS) is 13.0. The minimum atomic E-state index is -0.563. The molecule has 5 rings (SSSR count). The van der Waals surface area contributed by atoms with Crippen LogP contribution in [-0.2, 0) is 21.7 Å². The van der Waals surface area contributed by atoms with Gasteiger partial charge >= 0.3 is 0 Å². The van der Waals surface area contributed by atoms with E-state index < -0.39 is 5.54 Å². The predicted molar refractivity (Wildman–Crippen MR) is 149 cm³/mol. The van der Waals surface area contributed by atoms with Gasteiger partial charge < -0.3 is 25.3 Å². The number of aryl methyl sites for hydroxylation is 1. The van der Waals surface area contributed by atoms with Gasteiger partial charge in [0.25, 0.3) is 0 Å². The summed E-state index contributed by atoms with van der Waals surface area (Å²) in [6, 6.07) is 13.9. The summed E-state index contributed by atoms with van der Waals surface area (Å²) in [6.07, 6.45) is 2.41. The van der Waals surface area contributed by atoms with Gasteiger partial charge in [0.2, 0.25) is 5.91 Å². The van der Waals surface area contributed by atoms with Gasteiger partial charge in [-0.1, -0.05) is 35.9 Å². The summed E-state index contributed by atoms with van der Waals surface area (Å²) in [6.45, 7) is 8.47. The highest BCUT2D eigenvalue weighted by atomic mass is 16.6. The third kappa shape index (κ3) is 5.96. The number of fused-ring (bicyclic) bond motifs is 2. The highest BCUT2D eigenvalue weighted by molar-refractivity contribution is 5.98. The van der Waals surface area contributed by atoms with Crippen molar-refractivity contribution in [1.82, 2.24) is 25.1 Å². The molecule has 204 valence electrons. The summed E-state index contributed by atoms with van der Waals surface area (Å²) in [5.74, 6) is 1.83. The Morgan fingerprint density at radius 3 is 2.67 bits per heavy atom. The SMILES string of the molecule is Cc1ccc(-c2nn(C(C)(C)CNC(=O)CCCOCc3ccc4c(c3)OCCO4)c3ncnc(N)c23)cc1. The van der Waals surface area contributed by atoms with Crippen molar-refractivity contribution >= 4 is 22.8 Å². The molecule has 1 amide bonds. The van der Waals surface area contributed by atoms with Crippen LogP contribution in [0, 0.1) is 6.92 Å². The number of hydrogen-bond acceptors (Lipinski definition) is 8. The lowest BCUT2D eigenvalue weighted by Gasteiger charge is -2.26. The molecule has 39 heavy (non-hydrogen) atoms. The molecule has 0 bridgehead atoms. The maximum atomic E-state index is 12.6. The van der Waals surface area contributed by atoms with Gasteiger partial charge in [-0.25, -0.2) is 14.6 Å². The lowest BCUT2D eigenvalue weighted by molar-refractivity contribution is -0.121. The Labute approximate surface area is 227 Å². The van der Waals surface area contributed by atoms with E-state index in [0.29, 0.717) is 62.7 Å². The minimum Gasteiger partial charge on any atom is -0.486 e. The van der Waals surface area contributed by atoms with E-state index in [2.05, 4.69) is 15.3 Å².